The number of anilines is 2. The van der Waals surface area contributed by atoms with Crippen molar-refractivity contribution >= 4 is 45.9 Å². The van der Waals surface area contributed by atoms with Crippen LogP contribution in [0.3, 0.4) is 0 Å². The van der Waals surface area contributed by atoms with Gasteiger partial charge in [0.25, 0.3) is 0 Å². The minimum absolute atomic E-state index is 0.198. The Morgan fingerprint density at radius 1 is 1.07 bits per heavy atom. The molecule has 3 N–H and O–H groups in total. The molecule has 0 aliphatic carbocycles. The number of aromatic nitrogens is 2. The third-order valence-electron chi connectivity index (χ3n) is 4.53. The fourth-order valence-electron chi connectivity index (χ4n) is 3.17. The number of hydrogen-bond donors (Lipinski definition) is 3. The Labute approximate surface area is 177 Å². The fraction of sp³-hybridized carbons (Fsp3) is 0.0455. The number of para-hydroxylation sites is 1. The molecule has 8 heteroatoms. The Morgan fingerprint density at radius 3 is 2.67 bits per heavy atom. The largest absolute Gasteiger partial charge is 0.465 e. The van der Waals surface area contributed by atoms with Crippen LogP contribution in [0, 0.1) is 0 Å². The number of urea groups is 1. The van der Waals surface area contributed by atoms with E-state index in [0.29, 0.717) is 10.7 Å². The topological polar surface area (TPSA) is 96.1 Å². The zero-order chi connectivity index (χ0) is 21.1. The zero-order valence-electron chi connectivity index (χ0n) is 15.9. The molecule has 0 saturated carbocycles. The minimum Gasteiger partial charge on any atom is -0.465 e. The van der Waals surface area contributed by atoms with E-state index < -0.39 is 12.0 Å². The van der Waals surface area contributed by atoms with Crippen molar-refractivity contribution in [2.24, 2.45) is 0 Å². The normalized spacial score (nSPS) is 10.6. The van der Waals surface area contributed by atoms with Crippen LogP contribution in [0.5, 0.6) is 0 Å². The molecule has 0 fully saturated rings. The number of nitrogens with one attached hydrogen (secondary N) is 3. The summed E-state index contributed by atoms with van der Waals surface area (Å²) in [6.07, 6.45) is 3.39. The molecule has 0 radical (unpaired) electrons. The third-order valence-corrected chi connectivity index (χ3v) is 4.77. The number of pyridine rings is 1. The van der Waals surface area contributed by atoms with E-state index in [1.54, 1.807) is 18.5 Å². The number of aromatic amines is 1. The Kier molecular flexibility index (Phi) is 5.36. The number of carbonyl (C=O) groups excluding carboxylic acids is 2. The second kappa shape index (κ2) is 8.26. The monoisotopic (exact) mass is 420 g/mol. The van der Waals surface area contributed by atoms with Crippen molar-refractivity contribution in [1.82, 2.24) is 9.97 Å². The second-order valence-corrected chi connectivity index (χ2v) is 6.86. The Balaban J connectivity index is 1.69. The van der Waals surface area contributed by atoms with Gasteiger partial charge in [-0.15, -0.1) is 0 Å². The van der Waals surface area contributed by atoms with Gasteiger partial charge in [0.15, 0.2) is 0 Å². The van der Waals surface area contributed by atoms with Crippen LogP contribution in [0.15, 0.2) is 67.0 Å². The van der Waals surface area contributed by atoms with Gasteiger partial charge in [-0.3, -0.25) is 4.98 Å². The highest BCUT2D eigenvalue weighted by Crippen LogP contribution is 2.34. The van der Waals surface area contributed by atoms with Crippen molar-refractivity contribution in [1.29, 1.82) is 0 Å². The average molecular weight is 421 g/mol. The summed E-state index contributed by atoms with van der Waals surface area (Å²) in [7, 11) is 1.27. The lowest BCUT2D eigenvalue weighted by molar-refractivity contribution is 0.0602. The first-order valence-electron chi connectivity index (χ1n) is 9.04. The van der Waals surface area contributed by atoms with Crippen LogP contribution in [-0.2, 0) is 4.74 Å². The number of rotatable bonds is 4. The van der Waals surface area contributed by atoms with Gasteiger partial charge in [0.05, 0.1) is 29.7 Å². The average Bonchev–Trinajstić information content (AvgIpc) is 3.12. The van der Waals surface area contributed by atoms with Gasteiger partial charge in [0.2, 0.25) is 0 Å². The van der Waals surface area contributed by atoms with E-state index in [9.17, 15) is 9.59 Å². The lowest BCUT2D eigenvalue weighted by Gasteiger charge is -2.12. The molecule has 4 aromatic rings. The van der Waals surface area contributed by atoms with Gasteiger partial charge >= 0.3 is 12.0 Å². The highest BCUT2D eigenvalue weighted by molar-refractivity contribution is 6.31. The molecule has 150 valence electrons. The maximum atomic E-state index is 12.8. The molecule has 4 rings (SSSR count). The van der Waals surface area contributed by atoms with Gasteiger partial charge in [-0.25, -0.2) is 9.59 Å². The lowest BCUT2D eigenvalue weighted by atomic mass is 10.1. The second-order valence-electron chi connectivity index (χ2n) is 6.42. The molecule has 2 heterocycles. The summed E-state index contributed by atoms with van der Waals surface area (Å²) in [5, 5.41) is 6.78. The fourth-order valence-corrected chi connectivity index (χ4v) is 3.35. The summed E-state index contributed by atoms with van der Waals surface area (Å²) in [6.45, 7) is 0. The molecule has 0 aliphatic heterocycles. The number of esters is 1. The number of ether oxygens (including phenoxy) is 1. The molecule has 0 aliphatic rings. The molecule has 0 atom stereocenters. The van der Waals surface area contributed by atoms with Gasteiger partial charge in [-0.05, 0) is 36.4 Å². The maximum Gasteiger partial charge on any atom is 0.339 e. The third kappa shape index (κ3) is 3.83. The molecule has 7 nitrogen and oxygen atoms in total. The van der Waals surface area contributed by atoms with E-state index >= 15 is 0 Å². The molecule has 0 spiro atoms. The van der Waals surface area contributed by atoms with Crippen LogP contribution in [0.25, 0.3) is 22.2 Å². The van der Waals surface area contributed by atoms with Crippen molar-refractivity contribution in [3.8, 4) is 11.3 Å². The molecule has 2 aromatic heterocycles. The van der Waals surface area contributed by atoms with Gasteiger partial charge in [0, 0.05) is 33.9 Å². The summed E-state index contributed by atoms with van der Waals surface area (Å²) >= 11 is 6.04. The highest BCUT2D eigenvalue weighted by Gasteiger charge is 2.18. The molecular formula is C22H17ClN4O3. The van der Waals surface area contributed by atoms with Crippen LogP contribution in [-0.4, -0.2) is 29.1 Å². The van der Waals surface area contributed by atoms with Crippen LogP contribution in [0.2, 0.25) is 5.02 Å². The summed E-state index contributed by atoms with van der Waals surface area (Å²) in [5.41, 5.74) is 3.45. The number of amides is 2. The van der Waals surface area contributed by atoms with Gasteiger partial charge in [-0.2, -0.15) is 0 Å². The van der Waals surface area contributed by atoms with Crippen molar-refractivity contribution in [3.63, 3.8) is 0 Å². The van der Waals surface area contributed by atoms with Crippen molar-refractivity contribution in [2.45, 2.75) is 0 Å². The SMILES string of the molecule is COC(=O)c1ccc(Cl)cc1NC(=O)Nc1c(-c2cccnc2)[nH]c2ccccc12. The summed E-state index contributed by atoms with van der Waals surface area (Å²) in [4.78, 5) is 32.3. The number of methoxy groups -OCH3 is 1. The van der Waals surface area contributed by atoms with Crippen molar-refractivity contribution < 1.29 is 14.3 Å². The number of carbonyl (C=O) groups is 2. The molecule has 0 unspecified atom stereocenters. The number of benzene rings is 2. The minimum atomic E-state index is -0.579. The predicted octanol–water partition coefficient (Wildman–Crippen LogP) is 5.31. The molecular weight excluding hydrogens is 404 g/mol. The molecule has 2 amide bonds. The first-order valence-corrected chi connectivity index (χ1v) is 9.41. The van der Waals surface area contributed by atoms with Crippen LogP contribution < -0.4 is 10.6 Å². The Bertz CT molecular complexity index is 1240. The molecule has 2 aromatic carbocycles. The Hall–Kier alpha value is -3.84. The van der Waals surface area contributed by atoms with E-state index in [1.807, 2.05) is 36.4 Å². The number of hydrogen-bond acceptors (Lipinski definition) is 4. The quantitative estimate of drug-likeness (QED) is 0.389. The van der Waals surface area contributed by atoms with E-state index in [2.05, 4.69) is 20.6 Å². The summed E-state index contributed by atoms with van der Waals surface area (Å²) in [6, 6.07) is 15.3. The predicted molar refractivity (Wildman–Crippen MR) is 117 cm³/mol. The molecule has 0 bridgehead atoms. The van der Waals surface area contributed by atoms with Crippen LogP contribution in [0.1, 0.15) is 10.4 Å². The smallest absolute Gasteiger partial charge is 0.339 e. The van der Waals surface area contributed by atoms with Gasteiger partial charge in [0.1, 0.15) is 0 Å². The zero-order valence-corrected chi connectivity index (χ0v) is 16.7. The van der Waals surface area contributed by atoms with Gasteiger partial charge < -0.3 is 20.4 Å². The first-order chi connectivity index (χ1) is 14.6. The van der Waals surface area contributed by atoms with Gasteiger partial charge in [-0.1, -0.05) is 29.8 Å². The molecule has 0 saturated heterocycles. The van der Waals surface area contributed by atoms with E-state index in [1.165, 1.54) is 19.2 Å². The highest BCUT2D eigenvalue weighted by atomic mass is 35.5. The number of nitrogens with zero attached hydrogens (tertiary/aromatic N) is 1. The van der Waals surface area contributed by atoms with E-state index in [0.717, 1.165) is 22.2 Å². The Morgan fingerprint density at radius 2 is 1.90 bits per heavy atom. The first kappa shape index (κ1) is 19.5. The molecule has 30 heavy (non-hydrogen) atoms. The standard InChI is InChI=1S/C22H17ClN4O3/c1-30-21(28)16-9-8-14(23)11-18(16)26-22(29)27-20-15-6-2-3-7-17(15)25-19(20)13-5-4-10-24-12-13/h2-12,25H,1H3,(H2,26,27,29). The summed E-state index contributed by atoms with van der Waals surface area (Å²) < 4.78 is 4.77. The van der Waals surface area contributed by atoms with Crippen LogP contribution in [0.4, 0.5) is 16.2 Å². The number of halogens is 1. The number of H-pyrrole nitrogens is 1. The summed E-state index contributed by atoms with van der Waals surface area (Å²) in [5.74, 6) is -0.579. The van der Waals surface area contributed by atoms with Crippen molar-refractivity contribution in [3.05, 3.63) is 77.6 Å². The maximum absolute atomic E-state index is 12.8. The van der Waals surface area contributed by atoms with Crippen molar-refractivity contribution in [2.75, 3.05) is 17.7 Å². The lowest BCUT2D eigenvalue weighted by Crippen LogP contribution is -2.21. The number of fused-ring (bicyclic) bond motifs is 1. The van der Waals surface area contributed by atoms with E-state index in [4.69, 9.17) is 16.3 Å². The van der Waals surface area contributed by atoms with E-state index in [-0.39, 0.29) is 11.3 Å². The van der Waals surface area contributed by atoms with Crippen LogP contribution >= 0.6 is 11.6 Å².